The summed E-state index contributed by atoms with van der Waals surface area (Å²) in [5, 5.41) is 8.83. The predicted molar refractivity (Wildman–Crippen MR) is 75.3 cm³/mol. The quantitative estimate of drug-likeness (QED) is 0.792. The van der Waals surface area contributed by atoms with E-state index in [2.05, 4.69) is 20.4 Å². The zero-order valence-electron chi connectivity index (χ0n) is 10.3. The molecular formula is C13H13N5S. The number of nitrogens with zero attached hydrogens (tertiary/aromatic N) is 4. The number of nitrogens with one attached hydrogen (secondary N) is 1. The maximum absolute atomic E-state index is 4.59. The van der Waals surface area contributed by atoms with Crippen molar-refractivity contribution in [3.63, 3.8) is 0 Å². The maximum atomic E-state index is 4.59. The third-order valence-electron chi connectivity index (χ3n) is 3.24. The van der Waals surface area contributed by atoms with E-state index in [-0.39, 0.29) is 0 Å². The van der Waals surface area contributed by atoms with Gasteiger partial charge < -0.3 is 5.32 Å². The van der Waals surface area contributed by atoms with E-state index in [9.17, 15) is 0 Å². The van der Waals surface area contributed by atoms with Crippen LogP contribution in [-0.4, -0.2) is 26.1 Å². The monoisotopic (exact) mass is 271 g/mol. The summed E-state index contributed by atoms with van der Waals surface area (Å²) in [6.45, 7) is 1.03. The van der Waals surface area contributed by atoms with Gasteiger partial charge in [-0.2, -0.15) is 0 Å². The zero-order chi connectivity index (χ0) is 12.7. The second-order valence-corrected chi connectivity index (χ2v) is 5.78. The Hall–Kier alpha value is -1.95. The molecule has 5 nitrogen and oxygen atoms in total. The number of hydrogen-bond donors (Lipinski definition) is 1. The van der Waals surface area contributed by atoms with Crippen LogP contribution in [0.4, 0.5) is 5.13 Å². The van der Waals surface area contributed by atoms with Gasteiger partial charge in [-0.1, -0.05) is 11.3 Å². The van der Waals surface area contributed by atoms with Crippen molar-refractivity contribution >= 4 is 21.4 Å². The predicted octanol–water partition coefficient (Wildman–Crippen LogP) is 2.67. The molecule has 0 bridgehead atoms. The maximum Gasteiger partial charge on any atom is 0.214 e. The van der Waals surface area contributed by atoms with Crippen LogP contribution in [0.15, 0.2) is 30.7 Å². The first-order chi connectivity index (χ1) is 9.38. The zero-order valence-corrected chi connectivity index (χ0v) is 11.1. The third-order valence-corrected chi connectivity index (χ3v) is 4.12. The molecule has 0 radical (unpaired) electrons. The van der Waals surface area contributed by atoms with E-state index in [4.69, 9.17) is 0 Å². The van der Waals surface area contributed by atoms with Crippen molar-refractivity contribution in [2.24, 2.45) is 5.92 Å². The number of imidazole rings is 1. The summed E-state index contributed by atoms with van der Waals surface area (Å²) >= 11 is 1.59. The van der Waals surface area contributed by atoms with Crippen LogP contribution >= 0.6 is 11.3 Å². The van der Waals surface area contributed by atoms with Crippen LogP contribution in [0.25, 0.3) is 16.2 Å². The molecule has 0 atom stereocenters. The lowest BCUT2D eigenvalue weighted by atomic mass is 10.2. The molecule has 0 aromatic carbocycles. The highest BCUT2D eigenvalue weighted by Crippen LogP contribution is 2.30. The second-order valence-electron chi connectivity index (χ2n) is 4.83. The molecule has 1 aliphatic carbocycles. The van der Waals surface area contributed by atoms with Gasteiger partial charge in [-0.25, -0.2) is 9.50 Å². The molecule has 4 rings (SSSR count). The van der Waals surface area contributed by atoms with Crippen molar-refractivity contribution in [2.45, 2.75) is 12.8 Å². The normalized spacial score (nSPS) is 14.9. The van der Waals surface area contributed by atoms with E-state index in [1.54, 1.807) is 17.5 Å². The van der Waals surface area contributed by atoms with E-state index in [1.165, 1.54) is 12.8 Å². The van der Waals surface area contributed by atoms with E-state index in [0.717, 1.165) is 33.8 Å². The summed E-state index contributed by atoms with van der Waals surface area (Å²) < 4.78 is 1.84. The minimum Gasteiger partial charge on any atom is -0.360 e. The molecule has 0 aliphatic heterocycles. The van der Waals surface area contributed by atoms with Gasteiger partial charge in [0.05, 0.1) is 11.9 Å². The van der Waals surface area contributed by atoms with Crippen LogP contribution in [0.5, 0.6) is 0 Å². The molecule has 3 aromatic heterocycles. The molecule has 0 unspecified atom stereocenters. The van der Waals surface area contributed by atoms with Crippen molar-refractivity contribution in [3.05, 3.63) is 30.7 Å². The number of aromatic nitrogens is 4. The molecule has 19 heavy (non-hydrogen) atoms. The Labute approximate surface area is 114 Å². The fraction of sp³-hybridized carbons (Fsp3) is 0.308. The Balaban J connectivity index is 1.60. The molecule has 1 N–H and O–H groups in total. The first-order valence-electron chi connectivity index (χ1n) is 6.39. The Bertz CT molecular complexity index is 667. The van der Waals surface area contributed by atoms with Gasteiger partial charge in [-0.3, -0.25) is 4.98 Å². The van der Waals surface area contributed by atoms with Crippen LogP contribution in [0.3, 0.4) is 0 Å². The van der Waals surface area contributed by atoms with Crippen molar-refractivity contribution in [1.29, 1.82) is 0 Å². The number of fused-ring (bicyclic) bond motifs is 1. The third kappa shape index (κ3) is 2.19. The van der Waals surface area contributed by atoms with Gasteiger partial charge in [-0.15, -0.1) is 5.10 Å². The summed E-state index contributed by atoms with van der Waals surface area (Å²) in [6.07, 6.45) is 8.23. The first-order valence-corrected chi connectivity index (χ1v) is 7.20. The van der Waals surface area contributed by atoms with Crippen LogP contribution in [0, 0.1) is 5.92 Å². The standard InChI is InChI=1S/C13H13N5S/c1-2-10(7-14-5-1)11-8-18-13(16-11)19-12(17-18)15-6-9-3-4-9/h1-2,5,7-9H,3-4,6H2,(H,15,17). The fourth-order valence-electron chi connectivity index (χ4n) is 1.98. The largest absolute Gasteiger partial charge is 0.360 e. The second kappa shape index (κ2) is 4.31. The Morgan fingerprint density at radius 1 is 1.42 bits per heavy atom. The van der Waals surface area contributed by atoms with Crippen molar-refractivity contribution in [3.8, 4) is 11.3 Å². The molecular weight excluding hydrogens is 258 g/mol. The van der Waals surface area contributed by atoms with E-state index in [0.29, 0.717) is 0 Å². The molecule has 1 fully saturated rings. The van der Waals surface area contributed by atoms with Gasteiger partial charge in [0.1, 0.15) is 0 Å². The lowest BCUT2D eigenvalue weighted by Crippen LogP contribution is -2.02. The molecule has 0 saturated heterocycles. The highest BCUT2D eigenvalue weighted by molar-refractivity contribution is 7.20. The highest BCUT2D eigenvalue weighted by atomic mass is 32.1. The summed E-state index contributed by atoms with van der Waals surface area (Å²) in [7, 11) is 0. The summed E-state index contributed by atoms with van der Waals surface area (Å²) in [5.74, 6) is 0.849. The van der Waals surface area contributed by atoms with Crippen LogP contribution in [0.1, 0.15) is 12.8 Å². The van der Waals surface area contributed by atoms with E-state index >= 15 is 0 Å². The topological polar surface area (TPSA) is 55.1 Å². The molecule has 0 amide bonds. The van der Waals surface area contributed by atoms with Crippen LogP contribution < -0.4 is 5.32 Å². The minimum absolute atomic E-state index is 0.849. The average Bonchev–Trinajstić information content (AvgIpc) is 3.07. The molecule has 3 heterocycles. The van der Waals surface area contributed by atoms with Crippen LogP contribution in [0.2, 0.25) is 0 Å². The highest BCUT2D eigenvalue weighted by Gasteiger charge is 2.21. The number of anilines is 1. The lowest BCUT2D eigenvalue weighted by Gasteiger charge is -1.97. The Morgan fingerprint density at radius 3 is 3.11 bits per heavy atom. The van der Waals surface area contributed by atoms with Gasteiger partial charge >= 0.3 is 0 Å². The molecule has 1 aliphatic rings. The van der Waals surface area contributed by atoms with Crippen molar-refractivity contribution in [2.75, 3.05) is 11.9 Å². The van der Waals surface area contributed by atoms with Gasteiger partial charge in [0.25, 0.3) is 0 Å². The fourth-order valence-corrected chi connectivity index (χ4v) is 2.77. The van der Waals surface area contributed by atoms with Crippen molar-refractivity contribution < 1.29 is 0 Å². The molecule has 96 valence electrons. The summed E-state index contributed by atoms with van der Waals surface area (Å²) in [6, 6.07) is 3.92. The molecule has 3 aromatic rings. The number of pyridine rings is 1. The van der Waals surface area contributed by atoms with Gasteiger partial charge in [-0.05, 0) is 30.9 Å². The molecule has 1 saturated carbocycles. The number of rotatable bonds is 4. The smallest absolute Gasteiger partial charge is 0.214 e. The molecule has 0 spiro atoms. The van der Waals surface area contributed by atoms with Crippen molar-refractivity contribution in [1.82, 2.24) is 19.6 Å². The SMILES string of the molecule is c1cncc(-c2cn3nc(NCC4CC4)sc3n2)c1. The Morgan fingerprint density at radius 2 is 2.37 bits per heavy atom. The van der Waals surface area contributed by atoms with Gasteiger partial charge in [0.15, 0.2) is 0 Å². The van der Waals surface area contributed by atoms with Gasteiger partial charge in [0, 0.05) is 24.5 Å². The number of hydrogen-bond acceptors (Lipinski definition) is 5. The van der Waals surface area contributed by atoms with Crippen LogP contribution in [-0.2, 0) is 0 Å². The van der Waals surface area contributed by atoms with E-state index < -0.39 is 0 Å². The minimum atomic E-state index is 0.849. The lowest BCUT2D eigenvalue weighted by molar-refractivity contribution is 0.874. The first kappa shape index (κ1) is 10.9. The van der Waals surface area contributed by atoms with Gasteiger partial charge in [0.2, 0.25) is 10.1 Å². The average molecular weight is 271 g/mol. The Kier molecular flexibility index (Phi) is 2.48. The summed E-state index contributed by atoms with van der Waals surface area (Å²) in [5.41, 5.74) is 1.94. The molecule has 6 heteroatoms. The summed E-state index contributed by atoms with van der Waals surface area (Å²) in [4.78, 5) is 9.61. The van der Waals surface area contributed by atoms with E-state index in [1.807, 2.05) is 29.0 Å².